The fourth-order valence-corrected chi connectivity index (χ4v) is 3.76. The van der Waals surface area contributed by atoms with E-state index in [1.807, 2.05) is 0 Å². The van der Waals surface area contributed by atoms with E-state index in [4.69, 9.17) is 5.73 Å². The summed E-state index contributed by atoms with van der Waals surface area (Å²) < 4.78 is 0. The number of aryl methyl sites for hydroxylation is 2. The van der Waals surface area contributed by atoms with Crippen molar-refractivity contribution in [3.05, 3.63) is 29.3 Å². The van der Waals surface area contributed by atoms with E-state index < -0.39 is 0 Å². The molecule has 100 valence electrons. The van der Waals surface area contributed by atoms with Crippen LogP contribution in [0.5, 0.6) is 0 Å². The van der Waals surface area contributed by atoms with Gasteiger partial charge in [-0.1, -0.05) is 17.7 Å². The Balaban J connectivity index is 1.89. The van der Waals surface area contributed by atoms with Gasteiger partial charge in [-0.25, -0.2) is 0 Å². The van der Waals surface area contributed by atoms with Crippen molar-refractivity contribution in [1.29, 1.82) is 0 Å². The van der Waals surface area contributed by atoms with Crippen LogP contribution in [0.4, 0.5) is 0 Å². The van der Waals surface area contributed by atoms with Crippen LogP contribution in [0.25, 0.3) is 0 Å². The minimum Gasteiger partial charge on any atom is -0.329 e. The van der Waals surface area contributed by atoms with Crippen molar-refractivity contribution in [3.63, 3.8) is 0 Å². The first-order valence-corrected chi connectivity index (χ1v) is 7.73. The summed E-state index contributed by atoms with van der Waals surface area (Å²) in [5, 5.41) is 0.777. The number of nitrogens with two attached hydrogens (primary N) is 1. The van der Waals surface area contributed by atoms with E-state index in [0.717, 1.165) is 18.3 Å². The second kappa shape index (κ2) is 6.60. The Morgan fingerprint density at radius 1 is 1.28 bits per heavy atom. The summed E-state index contributed by atoms with van der Waals surface area (Å²) >= 11 is 2.07. The van der Waals surface area contributed by atoms with Crippen LogP contribution in [-0.4, -0.2) is 36.3 Å². The van der Waals surface area contributed by atoms with Gasteiger partial charge in [-0.05, 0) is 51.4 Å². The van der Waals surface area contributed by atoms with E-state index in [1.54, 1.807) is 0 Å². The van der Waals surface area contributed by atoms with Gasteiger partial charge < -0.3 is 10.6 Å². The molecule has 2 rings (SSSR count). The third kappa shape index (κ3) is 3.74. The van der Waals surface area contributed by atoms with Crippen molar-refractivity contribution in [1.82, 2.24) is 4.90 Å². The molecule has 2 nitrogen and oxygen atoms in total. The predicted octanol–water partition coefficient (Wildman–Crippen LogP) is 2.82. The van der Waals surface area contributed by atoms with E-state index in [2.05, 4.69) is 48.7 Å². The zero-order chi connectivity index (χ0) is 13.0. The van der Waals surface area contributed by atoms with Crippen LogP contribution in [0.1, 0.15) is 24.0 Å². The lowest BCUT2D eigenvalue weighted by molar-refractivity contribution is 0.239. The first kappa shape index (κ1) is 13.9. The van der Waals surface area contributed by atoms with Gasteiger partial charge in [0, 0.05) is 23.2 Å². The molecule has 1 aromatic rings. The van der Waals surface area contributed by atoms with Gasteiger partial charge >= 0.3 is 0 Å². The van der Waals surface area contributed by atoms with Gasteiger partial charge in [-0.3, -0.25) is 0 Å². The van der Waals surface area contributed by atoms with Crippen molar-refractivity contribution >= 4 is 11.8 Å². The molecule has 1 fully saturated rings. The fourth-order valence-electron chi connectivity index (χ4n) is 2.45. The first-order valence-electron chi connectivity index (χ1n) is 6.85. The minimum atomic E-state index is 0.777. The predicted molar refractivity (Wildman–Crippen MR) is 80.3 cm³/mol. The maximum absolute atomic E-state index is 5.61. The van der Waals surface area contributed by atoms with Gasteiger partial charge in [0.05, 0.1) is 0 Å². The van der Waals surface area contributed by atoms with E-state index in [1.165, 1.54) is 42.0 Å². The van der Waals surface area contributed by atoms with Gasteiger partial charge in [-0.15, -0.1) is 11.8 Å². The van der Waals surface area contributed by atoms with E-state index in [-0.39, 0.29) is 0 Å². The highest BCUT2D eigenvalue weighted by molar-refractivity contribution is 8.00. The molecule has 0 aliphatic carbocycles. The molecule has 0 bridgehead atoms. The molecule has 0 unspecified atom stereocenters. The van der Waals surface area contributed by atoms with E-state index in [9.17, 15) is 0 Å². The quantitative estimate of drug-likeness (QED) is 0.907. The van der Waals surface area contributed by atoms with Crippen LogP contribution in [0.2, 0.25) is 0 Å². The summed E-state index contributed by atoms with van der Waals surface area (Å²) in [6.45, 7) is 8.65. The Morgan fingerprint density at radius 3 is 2.67 bits per heavy atom. The highest BCUT2D eigenvalue weighted by atomic mass is 32.2. The van der Waals surface area contributed by atoms with Crippen LogP contribution >= 0.6 is 11.8 Å². The summed E-state index contributed by atoms with van der Waals surface area (Å²) in [6.07, 6.45) is 2.58. The standard InChI is InChI=1S/C15H24N2S/c1-12-3-4-13(2)15(11-12)18-14-5-8-17(9-6-14)10-7-16/h3-4,11,14H,5-10,16H2,1-2H3. The van der Waals surface area contributed by atoms with Gasteiger partial charge in [-0.2, -0.15) is 0 Å². The Morgan fingerprint density at radius 2 is 2.00 bits per heavy atom. The fraction of sp³-hybridized carbons (Fsp3) is 0.600. The molecule has 1 aliphatic heterocycles. The van der Waals surface area contributed by atoms with Crippen molar-refractivity contribution in [2.24, 2.45) is 5.73 Å². The van der Waals surface area contributed by atoms with Crippen LogP contribution in [0, 0.1) is 13.8 Å². The Labute approximate surface area is 115 Å². The molecule has 3 heteroatoms. The molecule has 1 aliphatic rings. The molecule has 1 aromatic carbocycles. The normalized spacial score (nSPS) is 18.2. The summed E-state index contributed by atoms with van der Waals surface area (Å²) in [7, 11) is 0. The smallest absolute Gasteiger partial charge is 0.0119 e. The van der Waals surface area contributed by atoms with E-state index >= 15 is 0 Å². The lowest BCUT2D eigenvalue weighted by Gasteiger charge is -2.31. The number of hydrogen-bond acceptors (Lipinski definition) is 3. The van der Waals surface area contributed by atoms with Crippen LogP contribution in [0.3, 0.4) is 0 Å². The number of hydrogen-bond donors (Lipinski definition) is 1. The van der Waals surface area contributed by atoms with Crippen molar-refractivity contribution in [2.45, 2.75) is 36.8 Å². The van der Waals surface area contributed by atoms with Gasteiger partial charge in [0.25, 0.3) is 0 Å². The summed E-state index contributed by atoms with van der Waals surface area (Å²) in [6, 6.07) is 6.76. The third-order valence-corrected chi connectivity index (χ3v) is 5.12. The summed E-state index contributed by atoms with van der Waals surface area (Å²) in [5.74, 6) is 0. The van der Waals surface area contributed by atoms with Crippen molar-refractivity contribution in [3.8, 4) is 0 Å². The van der Waals surface area contributed by atoms with Crippen molar-refractivity contribution < 1.29 is 0 Å². The number of nitrogens with zero attached hydrogens (tertiary/aromatic N) is 1. The van der Waals surface area contributed by atoms with Gasteiger partial charge in [0.2, 0.25) is 0 Å². The zero-order valence-corrected chi connectivity index (χ0v) is 12.3. The third-order valence-electron chi connectivity index (χ3n) is 3.62. The number of piperidine rings is 1. The monoisotopic (exact) mass is 264 g/mol. The molecule has 1 saturated heterocycles. The SMILES string of the molecule is Cc1ccc(C)c(SC2CCN(CCN)CC2)c1. The molecule has 0 atom stereocenters. The second-order valence-corrected chi connectivity index (χ2v) is 6.56. The molecular formula is C15H24N2S. The molecule has 1 heterocycles. The zero-order valence-electron chi connectivity index (χ0n) is 11.5. The minimum absolute atomic E-state index is 0.777. The first-order chi connectivity index (χ1) is 8.69. The van der Waals surface area contributed by atoms with E-state index in [0.29, 0.717) is 0 Å². The number of likely N-dealkylation sites (tertiary alicyclic amines) is 1. The molecule has 0 radical (unpaired) electrons. The Hall–Kier alpha value is -0.510. The maximum Gasteiger partial charge on any atom is 0.0119 e. The number of thioether (sulfide) groups is 1. The Kier molecular flexibility index (Phi) is 5.10. The Bertz CT molecular complexity index is 384. The molecule has 0 saturated carbocycles. The maximum atomic E-state index is 5.61. The lowest BCUT2D eigenvalue weighted by atomic mass is 10.1. The average Bonchev–Trinajstić information content (AvgIpc) is 2.37. The van der Waals surface area contributed by atoms with Crippen LogP contribution < -0.4 is 5.73 Å². The molecule has 0 spiro atoms. The van der Waals surface area contributed by atoms with Gasteiger partial charge in [0.1, 0.15) is 0 Å². The van der Waals surface area contributed by atoms with Gasteiger partial charge in [0.15, 0.2) is 0 Å². The molecule has 0 aromatic heterocycles. The average molecular weight is 264 g/mol. The summed E-state index contributed by atoms with van der Waals surface area (Å²) in [5.41, 5.74) is 8.38. The number of rotatable bonds is 4. The second-order valence-electron chi connectivity index (χ2n) is 5.22. The molecule has 2 N–H and O–H groups in total. The summed E-state index contributed by atoms with van der Waals surface area (Å²) in [4.78, 5) is 3.95. The topological polar surface area (TPSA) is 29.3 Å². The highest BCUT2D eigenvalue weighted by Gasteiger charge is 2.19. The molecule has 18 heavy (non-hydrogen) atoms. The largest absolute Gasteiger partial charge is 0.329 e. The number of benzene rings is 1. The van der Waals surface area contributed by atoms with Crippen molar-refractivity contribution in [2.75, 3.05) is 26.2 Å². The highest BCUT2D eigenvalue weighted by Crippen LogP contribution is 2.32. The lowest BCUT2D eigenvalue weighted by Crippen LogP contribution is -2.37. The van der Waals surface area contributed by atoms with Crippen LogP contribution in [-0.2, 0) is 0 Å². The molecule has 0 amide bonds. The molecular weight excluding hydrogens is 240 g/mol. The van der Waals surface area contributed by atoms with Crippen LogP contribution in [0.15, 0.2) is 23.1 Å².